The van der Waals surface area contributed by atoms with Crippen LogP contribution in [-0.4, -0.2) is 5.33 Å². The van der Waals surface area contributed by atoms with Gasteiger partial charge in [-0.2, -0.15) is 0 Å². The number of alkyl halides is 1. The van der Waals surface area contributed by atoms with Gasteiger partial charge >= 0.3 is 0 Å². The van der Waals surface area contributed by atoms with Crippen LogP contribution in [-0.2, 0) is 6.42 Å². The van der Waals surface area contributed by atoms with Gasteiger partial charge in [-0.15, -0.1) is 0 Å². The van der Waals surface area contributed by atoms with Crippen LogP contribution in [0.15, 0.2) is 30.3 Å². The highest BCUT2D eigenvalue weighted by molar-refractivity contribution is 9.09. The van der Waals surface area contributed by atoms with E-state index < -0.39 is 0 Å². The summed E-state index contributed by atoms with van der Waals surface area (Å²) in [6, 6.07) is 10.9. The van der Waals surface area contributed by atoms with Gasteiger partial charge < -0.3 is 0 Å². The second-order valence-corrected chi connectivity index (χ2v) is 5.65. The molecule has 1 aromatic rings. The fourth-order valence-electron chi connectivity index (χ4n) is 2.87. The third-order valence-electron chi connectivity index (χ3n) is 3.86. The van der Waals surface area contributed by atoms with Crippen LogP contribution >= 0.6 is 15.9 Å². The van der Waals surface area contributed by atoms with Crippen molar-refractivity contribution in [2.75, 3.05) is 5.33 Å². The summed E-state index contributed by atoms with van der Waals surface area (Å²) in [6.07, 6.45) is 8.49. The standard InChI is InChI=1S/C15H21Br/c16-12-15(14-9-5-2-6-10-14)11-13-7-3-1-4-8-13/h1,3-4,7-8,14-15H,2,5-6,9-12H2. The molecule has 0 saturated heterocycles. The van der Waals surface area contributed by atoms with E-state index in [2.05, 4.69) is 46.3 Å². The fourth-order valence-corrected chi connectivity index (χ4v) is 3.63. The zero-order chi connectivity index (χ0) is 11.2. The minimum absolute atomic E-state index is 0.836. The van der Waals surface area contributed by atoms with Gasteiger partial charge in [0.1, 0.15) is 0 Å². The molecule has 1 atom stereocenters. The van der Waals surface area contributed by atoms with Crippen LogP contribution in [0, 0.1) is 11.8 Å². The average Bonchev–Trinajstić information content (AvgIpc) is 2.38. The lowest BCUT2D eigenvalue weighted by atomic mass is 9.78. The minimum atomic E-state index is 0.836. The summed E-state index contributed by atoms with van der Waals surface area (Å²) in [4.78, 5) is 0. The second kappa shape index (κ2) is 6.44. The largest absolute Gasteiger partial charge is 0.0925 e. The highest BCUT2D eigenvalue weighted by Gasteiger charge is 2.22. The SMILES string of the molecule is BrCC(Cc1ccccc1)C1CCCCC1. The normalized spacial score (nSPS) is 19.6. The van der Waals surface area contributed by atoms with E-state index in [1.54, 1.807) is 0 Å². The molecule has 0 aromatic heterocycles. The van der Waals surface area contributed by atoms with Crippen molar-refractivity contribution >= 4 is 15.9 Å². The van der Waals surface area contributed by atoms with Gasteiger partial charge in [-0.3, -0.25) is 0 Å². The highest BCUT2D eigenvalue weighted by Crippen LogP contribution is 2.32. The molecule has 0 aliphatic heterocycles. The van der Waals surface area contributed by atoms with Crippen molar-refractivity contribution in [2.24, 2.45) is 11.8 Å². The monoisotopic (exact) mass is 280 g/mol. The topological polar surface area (TPSA) is 0 Å². The molecule has 1 fully saturated rings. The van der Waals surface area contributed by atoms with Crippen molar-refractivity contribution in [3.63, 3.8) is 0 Å². The lowest BCUT2D eigenvalue weighted by Gasteiger charge is -2.29. The van der Waals surface area contributed by atoms with Crippen molar-refractivity contribution in [3.8, 4) is 0 Å². The molecular formula is C15H21Br. The molecule has 1 unspecified atom stereocenters. The van der Waals surface area contributed by atoms with E-state index in [-0.39, 0.29) is 0 Å². The number of benzene rings is 1. The van der Waals surface area contributed by atoms with Crippen molar-refractivity contribution in [1.29, 1.82) is 0 Å². The summed E-state index contributed by atoms with van der Waals surface area (Å²) in [5, 5.41) is 1.16. The third kappa shape index (κ3) is 3.35. The van der Waals surface area contributed by atoms with Crippen LogP contribution in [0.5, 0.6) is 0 Å². The molecule has 0 nitrogen and oxygen atoms in total. The van der Waals surface area contributed by atoms with E-state index in [0.29, 0.717) is 0 Å². The number of halogens is 1. The molecule has 2 rings (SSSR count). The predicted octanol–water partition coefficient (Wildman–Crippen LogP) is 4.82. The smallest absolute Gasteiger partial charge is 0.00654 e. The predicted molar refractivity (Wildman–Crippen MR) is 74.0 cm³/mol. The van der Waals surface area contributed by atoms with Gasteiger partial charge in [0.25, 0.3) is 0 Å². The molecule has 0 bridgehead atoms. The van der Waals surface area contributed by atoms with E-state index >= 15 is 0 Å². The van der Waals surface area contributed by atoms with Gasteiger partial charge in [0.15, 0.2) is 0 Å². The average molecular weight is 281 g/mol. The summed E-state index contributed by atoms with van der Waals surface area (Å²) in [6.45, 7) is 0. The molecule has 1 heteroatoms. The van der Waals surface area contributed by atoms with E-state index in [0.717, 1.165) is 17.2 Å². The third-order valence-corrected chi connectivity index (χ3v) is 4.69. The summed E-state index contributed by atoms with van der Waals surface area (Å²) < 4.78 is 0. The molecule has 1 aliphatic rings. The maximum atomic E-state index is 3.71. The molecule has 0 radical (unpaired) electrons. The Balaban J connectivity index is 1.94. The van der Waals surface area contributed by atoms with Gasteiger partial charge in [-0.1, -0.05) is 78.4 Å². The van der Waals surface area contributed by atoms with Gasteiger partial charge in [0.05, 0.1) is 0 Å². The van der Waals surface area contributed by atoms with E-state index in [9.17, 15) is 0 Å². The Kier molecular flexibility index (Phi) is 4.90. The Hall–Kier alpha value is -0.300. The van der Waals surface area contributed by atoms with Crippen LogP contribution in [0.3, 0.4) is 0 Å². The summed E-state index contributed by atoms with van der Waals surface area (Å²) >= 11 is 3.71. The maximum Gasteiger partial charge on any atom is 0.00654 e. The van der Waals surface area contributed by atoms with Crippen LogP contribution < -0.4 is 0 Å². The molecule has 1 aliphatic carbocycles. The van der Waals surface area contributed by atoms with Crippen molar-refractivity contribution in [1.82, 2.24) is 0 Å². The Bertz CT molecular complexity index is 288. The molecule has 16 heavy (non-hydrogen) atoms. The van der Waals surface area contributed by atoms with Crippen LogP contribution in [0.4, 0.5) is 0 Å². The zero-order valence-electron chi connectivity index (χ0n) is 9.87. The summed E-state index contributed by atoms with van der Waals surface area (Å²) in [7, 11) is 0. The molecule has 88 valence electrons. The van der Waals surface area contributed by atoms with Crippen molar-refractivity contribution < 1.29 is 0 Å². The van der Waals surface area contributed by atoms with Crippen LogP contribution in [0.2, 0.25) is 0 Å². The maximum absolute atomic E-state index is 3.71. The quantitative estimate of drug-likeness (QED) is 0.694. The van der Waals surface area contributed by atoms with Crippen molar-refractivity contribution in [3.05, 3.63) is 35.9 Å². The molecule has 0 N–H and O–H groups in total. The van der Waals surface area contributed by atoms with E-state index in [1.807, 2.05) is 0 Å². The Morgan fingerprint density at radius 3 is 2.38 bits per heavy atom. The van der Waals surface area contributed by atoms with Crippen molar-refractivity contribution in [2.45, 2.75) is 38.5 Å². The van der Waals surface area contributed by atoms with Gasteiger partial charge in [0.2, 0.25) is 0 Å². The number of hydrogen-bond donors (Lipinski definition) is 0. The lowest BCUT2D eigenvalue weighted by Crippen LogP contribution is -2.21. The van der Waals surface area contributed by atoms with E-state index in [1.165, 1.54) is 44.1 Å². The van der Waals surface area contributed by atoms with Crippen LogP contribution in [0.25, 0.3) is 0 Å². The Labute approximate surface area is 108 Å². The Morgan fingerprint density at radius 2 is 1.75 bits per heavy atom. The first-order valence-electron chi connectivity index (χ1n) is 6.50. The van der Waals surface area contributed by atoms with Gasteiger partial charge in [-0.05, 0) is 23.8 Å². The first kappa shape index (κ1) is 12.2. The van der Waals surface area contributed by atoms with E-state index in [4.69, 9.17) is 0 Å². The number of hydrogen-bond acceptors (Lipinski definition) is 0. The first-order valence-corrected chi connectivity index (χ1v) is 7.62. The number of rotatable bonds is 4. The Morgan fingerprint density at radius 1 is 1.06 bits per heavy atom. The zero-order valence-corrected chi connectivity index (χ0v) is 11.5. The van der Waals surface area contributed by atoms with Gasteiger partial charge in [-0.25, -0.2) is 0 Å². The first-order chi connectivity index (χ1) is 7.90. The molecule has 0 spiro atoms. The lowest BCUT2D eigenvalue weighted by molar-refractivity contribution is 0.267. The van der Waals surface area contributed by atoms with Gasteiger partial charge in [0, 0.05) is 5.33 Å². The molecule has 0 heterocycles. The molecular weight excluding hydrogens is 260 g/mol. The molecule has 0 amide bonds. The molecule has 1 saturated carbocycles. The highest BCUT2D eigenvalue weighted by atomic mass is 79.9. The second-order valence-electron chi connectivity index (χ2n) is 5.00. The minimum Gasteiger partial charge on any atom is -0.0925 e. The fraction of sp³-hybridized carbons (Fsp3) is 0.600. The summed E-state index contributed by atoms with van der Waals surface area (Å²) in [5.41, 5.74) is 1.50. The summed E-state index contributed by atoms with van der Waals surface area (Å²) in [5.74, 6) is 1.79. The molecule has 1 aromatic carbocycles. The van der Waals surface area contributed by atoms with Crippen LogP contribution in [0.1, 0.15) is 37.7 Å².